The van der Waals surface area contributed by atoms with E-state index in [4.69, 9.17) is 9.47 Å². The number of aryl methyl sites for hydroxylation is 1. The third-order valence-electron chi connectivity index (χ3n) is 5.93. The zero-order chi connectivity index (χ0) is 30.4. The molecule has 224 valence electrons. The second-order valence-electron chi connectivity index (χ2n) is 9.12. The van der Waals surface area contributed by atoms with Crippen LogP contribution in [0.1, 0.15) is 38.3 Å². The molecule has 0 unspecified atom stereocenters. The average Bonchev–Trinajstić information content (AvgIpc) is 2.94. The van der Waals surface area contributed by atoms with Crippen LogP contribution in [0.15, 0.2) is 76.9 Å². The van der Waals surface area contributed by atoms with Gasteiger partial charge >= 0.3 is 12.2 Å². The third kappa shape index (κ3) is 11.3. The summed E-state index contributed by atoms with van der Waals surface area (Å²) in [6.07, 6.45) is 4.56. The molecule has 1 heterocycles. The minimum atomic E-state index is -4.66. The number of hydrogen-bond donors (Lipinski definition) is 3. The van der Waals surface area contributed by atoms with Gasteiger partial charge in [0.05, 0.1) is 37.5 Å². The number of carbonyl (C=O) groups excluding carboxylic acids is 1. The number of aliphatic imine (C=N–C) groups is 1. The van der Waals surface area contributed by atoms with Crippen molar-refractivity contribution in [3.63, 3.8) is 0 Å². The van der Waals surface area contributed by atoms with Crippen LogP contribution >= 0.6 is 0 Å². The van der Waals surface area contributed by atoms with Crippen molar-refractivity contribution in [1.29, 1.82) is 0 Å². The summed E-state index contributed by atoms with van der Waals surface area (Å²) >= 11 is 0. The molecule has 1 fully saturated rings. The van der Waals surface area contributed by atoms with Gasteiger partial charge in [-0.2, -0.15) is 13.2 Å². The Morgan fingerprint density at radius 3 is 2.59 bits per heavy atom. The zero-order valence-electron chi connectivity index (χ0n) is 24.0. The molecule has 0 spiro atoms. The number of halogens is 3. The van der Waals surface area contributed by atoms with E-state index >= 15 is 0 Å². The maximum atomic E-state index is 12.7. The minimum Gasteiger partial charge on any atom is -0.496 e. The molecule has 1 aliphatic rings. The molecule has 1 aromatic rings. The molecule has 2 rings (SSSR count). The number of alkyl halides is 3. The van der Waals surface area contributed by atoms with E-state index in [2.05, 4.69) is 46.2 Å². The average molecular weight is 577 g/mol. The number of morpholine rings is 1. The number of hydrogen-bond acceptors (Lipinski definition) is 6. The number of aliphatic hydroxyl groups excluding tert-OH is 1. The topological polar surface area (TPSA) is 95.4 Å². The molecule has 1 saturated heterocycles. The van der Waals surface area contributed by atoms with Gasteiger partial charge in [0.1, 0.15) is 12.3 Å². The van der Waals surface area contributed by atoms with Gasteiger partial charge < -0.3 is 30.1 Å². The molecule has 0 bridgehead atoms. The molecular formula is C30H39F3N4O4. The first-order valence-electron chi connectivity index (χ1n) is 13.3. The number of carbonyl (C=O) groups is 1. The normalized spacial score (nSPS) is 15.8. The van der Waals surface area contributed by atoms with Crippen LogP contribution in [0.5, 0.6) is 0 Å². The summed E-state index contributed by atoms with van der Waals surface area (Å²) in [5.41, 5.74) is 2.90. The number of allylic oxidation sites excluding steroid dienone is 8. The predicted molar refractivity (Wildman–Crippen MR) is 156 cm³/mol. The molecule has 2 amide bonds. The zero-order valence-corrected chi connectivity index (χ0v) is 24.0. The van der Waals surface area contributed by atoms with Crippen molar-refractivity contribution in [1.82, 2.24) is 10.2 Å². The Hall–Kier alpha value is -3.83. The van der Waals surface area contributed by atoms with Gasteiger partial charge in [-0.1, -0.05) is 31.7 Å². The fourth-order valence-corrected chi connectivity index (χ4v) is 3.84. The van der Waals surface area contributed by atoms with E-state index < -0.39 is 17.9 Å². The van der Waals surface area contributed by atoms with Crippen molar-refractivity contribution >= 4 is 23.5 Å². The first-order chi connectivity index (χ1) is 19.5. The highest BCUT2D eigenvalue weighted by Crippen LogP contribution is 2.28. The summed E-state index contributed by atoms with van der Waals surface area (Å²) < 4.78 is 49.2. The Labute approximate surface area is 239 Å². The van der Waals surface area contributed by atoms with Crippen LogP contribution in [0.3, 0.4) is 0 Å². The van der Waals surface area contributed by atoms with Crippen LogP contribution in [0, 0.1) is 6.92 Å². The fraction of sp³-hybridized carbons (Fsp3) is 0.400. The second kappa shape index (κ2) is 16.4. The lowest BCUT2D eigenvalue weighted by Crippen LogP contribution is -2.35. The molecule has 0 aromatic heterocycles. The number of ether oxygens (including phenoxy) is 2. The summed E-state index contributed by atoms with van der Waals surface area (Å²) in [5.74, 6) is 0.607. The molecule has 3 N–H and O–H groups in total. The van der Waals surface area contributed by atoms with Crippen LogP contribution in [0.4, 0.5) is 23.7 Å². The summed E-state index contributed by atoms with van der Waals surface area (Å²) in [5, 5.41) is 14.4. The van der Waals surface area contributed by atoms with Gasteiger partial charge in [-0.15, -0.1) is 0 Å². The van der Waals surface area contributed by atoms with Gasteiger partial charge in [-0.05, 0) is 68.2 Å². The van der Waals surface area contributed by atoms with E-state index in [1.54, 1.807) is 19.9 Å². The first-order valence-corrected chi connectivity index (χ1v) is 13.3. The summed E-state index contributed by atoms with van der Waals surface area (Å²) in [6.45, 7) is 13.1. The van der Waals surface area contributed by atoms with Crippen LogP contribution in [0.25, 0.3) is 5.57 Å². The molecule has 0 radical (unpaired) electrons. The Morgan fingerprint density at radius 2 is 1.98 bits per heavy atom. The fourth-order valence-electron chi connectivity index (χ4n) is 3.84. The van der Waals surface area contributed by atoms with Crippen LogP contribution < -0.4 is 10.6 Å². The van der Waals surface area contributed by atoms with Gasteiger partial charge in [0, 0.05) is 24.5 Å². The number of amides is 2. The molecular weight excluding hydrogens is 537 g/mol. The van der Waals surface area contributed by atoms with E-state index in [-0.39, 0.29) is 18.9 Å². The second-order valence-corrected chi connectivity index (χ2v) is 9.12. The van der Waals surface area contributed by atoms with Gasteiger partial charge in [0.15, 0.2) is 0 Å². The maximum absolute atomic E-state index is 12.7. The van der Waals surface area contributed by atoms with Gasteiger partial charge in [-0.3, -0.25) is 4.99 Å². The lowest BCUT2D eigenvalue weighted by molar-refractivity contribution is -0.0918. The van der Waals surface area contributed by atoms with Crippen molar-refractivity contribution in [2.45, 2.75) is 40.3 Å². The Kier molecular flexibility index (Phi) is 13.4. The number of aliphatic hydroxyl groups is 1. The smallest absolute Gasteiger partial charge is 0.432 e. The largest absolute Gasteiger partial charge is 0.496 e. The van der Waals surface area contributed by atoms with Crippen molar-refractivity contribution in [2.75, 3.05) is 44.8 Å². The maximum Gasteiger partial charge on any atom is 0.432 e. The van der Waals surface area contributed by atoms with E-state index in [1.165, 1.54) is 6.08 Å². The van der Waals surface area contributed by atoms with Crippen molar-refractivity contribution < 1.29 is 32.5 Å². The number of rotatable bonds is 12. The number of nitrogens with one attached hydrogen (secondary N) is 2. The van der Waals surface area contributed by atoms with Gasteiger partial charge in [-0.25, -0.2) is 4.79 Å². The summed E-state index contributed by atoms with van der Waals surface area (Å²) in [7, 11) is 0. The highest BCUT2D eigenvalue weighted by Gasteiger charge is 2.31. The molecule has 0 aliphatic carbocycles. The van der Waals surface area contributed by atoms with E-state index in [0.717, 1.165) is 48.1 Å². The SMILES string of the molecule is C=C(N=C/C(=C\C)NC(=O)Nc1ccc(C)c(C(/C=C(\C)OCCO)=C/C(=C/CC)N2CCOCC2)c1)C(F)(F)F. The van der Waals surface area contributed by atoms with Crippen LogP contribution in [-0.2, 0) is 9.47 Å². The van der Waals surface area contributed by atoms with Gasteiger partial charge in [0.25, 0.3) is 0 Å². The summed E-state index contributed by atoms with van der Waals surface area (Å²) in [6, 6.07) is 4.75. The molecule has 0 atom stereocenters. The van der Waals surface area contributed by atoms with Crippen LogP contribution in [0.2, 0.25) is 0 Å². The Balaban J connectivity index is 2.38. The highest BCUT2D eigenvalue weighted by molar-refractivity contribution is 5.95. The molecule has 8 nitrogen and oxygen atoms in total. The minimum absolute atomic E-state index is 0.0697. The lowest BCUT2D eigenvalue weighted by atomic mass is 9.97. The summed E-state index contributed by atoms with van der Waals surface area (Å²) in [4.78, 5) is 18.2. The molecule has 1 aromatic carbocycles. The number of nitrogens with zero attached hydrogens (tertiary/aromatic N) is 2. The predicted octanol–water partition coefficient (Wildman–Crippen LogP) is 6.09. The Bertz CT molecular complexity index is 1210. The standard InChI is InChI=1S/C30H39F3N4O4/c1-6-8-27(37-11-14-40-15-12-37)18-24(17-22(4)41-16-13-38)28-19-26(10-9-21(28)3)36-29(39)35-25(7-2)20-34-23(5)30(31,32)33/h7-10,17-20,38H,5-6,11-16H2,1-4H3,(H2,35,36,39)/b22-17+,24-18+,25-7+,27-8-,34-20?. The number of anilines is 1. The number of urea groups is 1. The van der Waals surface area contributed by atoms with E-state index in [9.17, 15) is 23.1 Å². The Morgan fingerprint density at radius 1 is 1.27 bits per heavy atom. The van der Waals surface area contributed by atoms with E-state index in [1.807, 2.05) is 25.1 Å². The van der Waals surface area contributed by atoms with Crippen molar-refractivity contribution in [3.05, 3.63) is 83.1 Å². The molecule has 0 saturated carbocycles. The van der Waals surface area contributed by atoms with E-state index in [0.29, 0.717) is 24.7 Å². The van der Waals surface area contributed by atoms with Gasteiger partial charge in [0.2, 0.25) is 0 Å². The highest BCUT2D eigenvalue weighted by atomic mass is 19.4. The van der Waals surface area contributed by atoms with Crippen molar-refractivity contribution in [2.24, 2.45) is 4.99 Å². The van der Waals surface area contributed by atoms with Crippen molar-refractivity contribution in [3.8, 4) is 0 Å². The lowest BCUT2D eigenvalue weighted by Gasteiger charge is -2.30. The third-order valence-corrected chi connectivity index (χ3v) is 5.93. The first kappa shape index (κ1) is 33.4. The molecule has 11 heteroatoms. The monoisotopic (exact) mass is 576 g/mol. The molecule has 41 heavy (non-hydrogen) atoms. The quantitative estimate of drug-likeness (QED) is 0.159. The van der Waals surface area contributed by atoms with Crippen LogP contribution in [-0.4, -0.2) is 67.9 Å². The number of benzene rings is 1. The molecule has 1 aliphatic heterocycles.